The molecule has 0 aliphatic heterocycles. The molecule has 0 unspecified atom stereocenters. The molecule has 0 atom stereocenters. The van der Waals surface area contributed by atoms with E-state index in [9.17, 15) is 23.1 Å². The number of aromatic nitrogens is 1. The SMILES string of the molecule is Nc1ccc(S(=O)(=O)NC(=O)c2c(O)c3c4c(sc3[nH]c2=O)CCCC4)cc1. The highest BCUT2D eigenvalue weighted by Gasteiger charge is 2.28. The van der Waals surface area contributed by atoms with Crippen LogP contribution < -0.4 is 16.0 Å². The number of nitrogen functional groups attached to an aromatic ring is 1. The van der Waals surface area contributed by atoms with Crippen LogP contribution in [-0.4, -0.2) is 24.4 Å². The molecular formula is C18H17N3O5S2. The van der Waals surface area contributed by atoms with E-state index >= 15 is 0 Å². The van der Waals surface area contributed by atoms with Crippen molar-refractivity contribution in [3.8, 4) is 5.75 Å². The number of carbonyl (C=O) groups excluding carboxylic acids is 1. The highest BCUT2D eigenvalue weighted by molar-refractivity contribution is 7.90. The zero-order chi connectivity index (χ0) is 20.1. The molecule has 0 fully saturated rings. The van der Waals surface area contributed by atoms with Crippen molar-refractivity contribution >= 4 is 43.2 Å². The summed E-state index contributed by atoms with van der Waals surface area (Å²) in [7, 11) is -4.23. The number of sulfonamides is 1. The summed E-state index contributed by atoms with van der Waals surface area (Å²) < 4.78 is 26.7. The van der Waals surface area contributed by atoms with Crippen LogP contribution in [0.1, 0.15) is 33.6 Å². The van der Waals surface area contributed by atoms with Gasteiger partial charge in [0, 0.05) is 10.6 Å². The predicted molar refractivity (Wildman–Crippen MR) is 106 cm³/mol. The predicted octanol–water partition coefficient (Wildman–Crippen LogP) is 1.87. The van der Waals surface area contributed by atoms with Gasteiger partial charge < -0.3 is 15.8 Å². The van der Waals surface area contributed by atoms with Gasteiger partial charge in [-0.05, 0) is 55.5 Å². The van der Waals surface area contributed by atoms with Gasteiger partial charge in [0.25, 0.3) is 21.5 Å². The number of anilines is 1. The molecule has 1 aromatic carbocycles. The summed E-state index contributed by atoms with van der Waals surface area (Å²) in [5, 5.41) is 11.1. The first-order valence-electron chi connectivity index (χ1n) is 8.60. The molecule has 0 saturated carbocycles. The van der Waals surface area contributed by atoms with Gasteiger partial charge >= 0.3 is 0 Å². The van der Waals surface area contributed by atoms with Gasteiger partial charge in [-0.15, -0.1) is 11.3 Å². The first-order valence-corrected chi connectivity index (χ1v) is 10.9. The minimum Gasteiger partial charge on any atom is -0.506 e. The lowest BCUT2D eigenvalue weighted by Gasteiger charge is -2.12. The van der Waals surface area contributed by atoms with E-state index in [1.54, 1.807) is 0 Å². The molecule has 0 saturated heterocycles. The van der Waals surface area contributed by atoms with Crippen LogP contribution in [0.3, 0.4) is 0 Å². The number of hydrogen-bond acceptors (Lipinski definition) is 7. The van der Waals surface area contributed by atoms with Gasteiger partial charge in [-0.2, -0.15) is 0 Å². The largest absolute Gasteiger partial charge is 0.506 e. The summed E-state index contributed by atoms with van der Waals surface area (Å²) in [6, 6.07) is 5.25. The van der Waals surface area contributed by atoms with Crippen molar-refractivity contribution < 1.29 is 18.3 Å². The number of benzene rings is 1. The maximum atomic E-state index is 12.6. The van der Waals surface area contributed by atoms with Crippen molar-refractivity contribution in [3.05, 3.63) is 50.6 Å². The molecule has 5 N–H and O–H groups in total. The molecule has 4 rings (SSSR count). The van der Waals surface area contributed by atoms with E-state index < -0.39 is 32.8 Å². The van der Waals surface area contributed by atoms with Gasteiger partial charge in [0.15, 0.2) is 0 Å². The van der Waals surface area contributed by atoms with Crippen LogP contribution in [0.2, 0.25) is 0 Å². The molecule has 2 heterocycles. The Labute approximate surface area is 164 Å². The van der Waals surface area contributed by atoms with Gasteiger partial charge in [0.2, 0.25) is 0 Å². The lowest BCUT2D eigenvalue weighted by Crippen LogP contribution is -2.34. The van der Waals surface area contributed by atoms with Crippen LogP contribution in [0.5, 0.6) is 5.75 Å². The molecule has 1 amide bonds. The van der Waals surface area contributed by atoms with Gasteiger partial charge in [0.1, 0.15) is 16.1 Å². The van der Waals surface area contributed by atoms with Gasteiger partial charge in [-0.25, -0.2) is 13.1 Å². The number of aromatic hydroxyl groups is 1. The normalized spacial score (nSPS) is 14.0. The van der Waals surface area contributed by atoms with E-state index in [-0.39, 0.29) is 4.90 Å². The van der Waals surface area contributed by atoms with E-state index in [1.165, 1.54) is 35.6 Å². The highest BCUT2D eigenvalue weighted by Crippen LogP contribution is 2.40. The number of carbonyl (C=O) groups is 1. The van der Waals surface area contributed by atoms with Gasteiger partial charge in [0.05, 0.1) is 10.3 Å². The zero-order valence-electron chi connectivity index (χ0n) is 14.6. The zero-order valence-corrected chi connectivity index (χ0v) is 16.2. The summed E-state index contributed by atoms with van der Waals surface area (Å²) in [4.78, 5) is 29.0. The quantitative estimate of drug-likeness (QED) is 0.478. The fraction of sp³-hybridized carbons (Fsp3) is 0.222. The Hall–Kier alpha value is -2.85. The van der Waals surface area contributed by atoms with Crippen molar-refractivity contribution in [2.45, 2.75) is 30.6 Å². The highest BCUT2D eigenvalue weighted by atomic mass is 32.2. The van der Waals surface area contributed by atoms with Crippen LogP contribution in [-0.2, 0) is 22.9 Å². The molecular weight excluding hydrogens is 402 g/mol. The fourth-order valence-electron chi connectivity index (χ4n) is 3.39. The second-order valence-corrected chi connectivity index (χ2v) is 9.38. The Balaban J connectivity index is 1.77. The number of H-pyrrole nitrogens is 1. The lowest BCUT2D eigenvalue weighted by molar-refractivity contribution is 0.0977. The number of rotatable bonds is 3. The standard InChI is InChI=1S/C18H17N3O5S2/c19-9-5-7-10(8-6-9)28(25,26)21-17(24)14-15(22)13-11-3-1-2-4-12(11)27-18(13)20-16(14)23/h5-8H,1-4,19H2,(H,21,24)(H2,20,22,23). The van der Waals surface area contributed by atoms with E-state index in [2.05, 4.69) is 4.98 Å². The maximum Gasteiger partial charge on any atom is 0.274 e. The maximum absolute atomic E-state index is 12.6. The monoisotopic (exact) mass is 419 g/mol. The van der Waals surface area contributed by atoms with E-state index in [0.29, 0.717) is 15.9 Å². The first kappa shape index (κ1) is 18.5. The molecule has 28 heavy (non-hydrogen) atoms. The molecule has 146 valence electrons. The van der Waals surface area contributed by atoms with Crippen molar-refractivity contribution in [2.24, 2.45) is 0 Å². The summed E-state index contributed by atoms with van der Waals surface area (Å²) in [6.45, 7) is 0. The molecule has 8 nitrogen and oxygen atoms in total. The van der Waals surface area contributed by atoms with Crippen molar-refractivity contribution in [1.29, 1.82) is 0 Å². The number of aromatic amines is 1. The molecule has 0 radical (unpaired) electrons. The number of nitrogens with two attached hydrogens (primary N) is 1. The smallest absolute Gasteiger partial charge is 0.274 e. The Morgan fingerprint density at radius 2 is 1.86 bits per heavy atom. The summed E-state index contributed by atoms with van der Waals surface area (Å²) in [6.07, 6.45) is 3.56. The summed E-state index contributed by atoms with van der Waals surface area (Å²) in [5.74, 6) is -1.67. The number of pyridine rings is 1. The van der Waals surface area contributed by atoms with E-state index in [1.807, 2.05) is 4.72 Å². The van der Waals surface area contributed by atoms with Crippen molar-refractivity contribution in [2.75, 3.05) is 5.73 Å². The Bertz CT molecular complexity index is 1260. The third-order valence-corrected chi connectivity index (χ3v) is 7.30. The lowest BCUT2D eigenvalue weighted by atomic mass is 9.96. The molecule has 0 spiro atoms. The number of thiophene rings is 1. The molecule has 10 heteroatoms. The number of nitrogens with one attached hydrogen (secondary N) is 2. The topological polar surface area (TPSA) is 142 Å². The number of aryl methyl sites for hydroxylation is 2. The molecule has 2 aromatic heterocycles. The van der Waals surface area contributed by atoms with E-state index in [0.717, 1.165) is 36.1 Å². The minimum atomic E-state index is -4.23. The fourth-order valence-corrected chi connectivity index (χ4v) is 5.64. The van der Waals surface area contributed by atoms with Gasteiger partial charge in [-0.3, -0.25) is 9.59 Å². The Morgan fingerprint density at radius 1 is 1.18 bits per heavy atom. The minimum absolute atomic E-state index is 0.181. The molecule has 0 bridgehead atoms. The average Bonchev–Trinajstić information content (AvgIpc) is 2.99. The average molecular weight is 419 g/mol. The second-order valence-electron chi connectivity index (χ2n) is 6.60. The van der Waals surface area contributed by atoms with Crippen LogP contribution in [0, 0.1) is 0 Å². The molecule has 1 aliphatic carbocycles. The van der Waals surface area contributed by atoms with Crippen LogP contribution in [0.15, 0.2) is 34.0 Å². The Kier molecular flexibility index (Phi) is 4.39. The van der Waals surface area contributed by atoms with Crippen LogP contribution >= 0.6 is 11.3 Å². The van der Waals surface area contributed by atoms with Crippen LogP contribution in [0.25, 0.3) is 10.2 Å². The third kappa shape index (κ3) is 3.04. The molecule has 1 aliphatic rings. The number of hydrogen-bond donors (Lipinski definition) is 4. The van der Waals surface area contributed by atoms with Crippen LogP contribution in [0.4, 0.5) is 5.69 Å². The van der Waals surface area contributed by atoms with E-state index in [4.69, 9.17) is 5.73 Å². The molecule has 3 aromatic rings. The van der Waals surface area contributed by atoms with Crippen molar-refractivity contribution in [1.82, 2.24) is 9.71 Å². The first-order chi connectivity index (χ1) is 13.3. The number of fused-ring (bicyclic) bond motifs is 3. The van der Waals surface area contributed by atoms with Gasteiger partial charge in [-0.1, -0.05) is 0 Å². The summed E-state index contributed by atoms with van der Waals surface area (Å²) in [5.41, 5.74) is 5.37. The Morgan fingerprint density at radius 3 is 2.57 bits per heavy atom. The number of amides is 1. The van der Waals surface area contributed by atoms with Crippen molar-refractivity contribution in [3.63, 3.8) is 0 Å². The third-order valence-electron chi connectivity index (χ3n) is 4.74. The summed E-state index contributed by atoms with van der Waals surface area (Å²) >= 11 is 1.38. The second kappa shape index (κ2) is 6.64.